The maximum Gasteiger partial charge on any atom is 0.311 e. The van der Waals surface area contributed by atoms with Crippen LogP contribution in [0, 0.1) is 5.41 Å². The average Bonchev–Trinajstić information content (AvgIpc) is 3.00. The van der Waals surface area contributed by atoms with Crippen molar-refractivity contribution in [1.29, 1.82) is 0 Å². The Labute approximate surface area is 143 Å². The lowest BCUT2D eigenvalue weighted by molar-refractivity contribution is -0.167. The molecule has 2 aliphatic rings. The van der Waals surface area contributed by atoms with Crippen molar-refractivity contribution in [2.24, 2.45) is 5.41 Å². The second-order valence-corrected chi connectivity index (χ2v) is 7.03. The van der Waals surface area contributed by atoms with Crippen molar-refractivity contribution in [2.45, 2.75) is 52.2 Å². The third-order valence-corrected chi connectivity index (χ3v) is 3.91. The second-order valence-electron chi connectivity index (χ2n) is 7.03. The zero-order valence-electron chi connectivity index (χ0n) is 14.4. The Morgan fingerprint density at radius 1 is 1.36 bits per heavy atom. The van der Waals surface area contributed by atoms with Crippen LogP contribution < -0.4 is 10.3 Å². The molecule has 0 N–H and O–H groups in total. The summed E-state index contributed by atoms with van der Waals surface area (Å²) < 4.78 is 23.7. The van der Waals surface area contributed by atoms with Crippen LogP contribution in [0.15, 0.2) is 17.1 Å². The Kier molecular flexibility index (Phi) is 4.28. The topological polar surface area (TPSA) is 106 Å². The molecule has 1 aromatic heterocycles. The highest BCUT2D eigenvalue weighted by atomic mass is 16.7. The fraction of sp³-hybridized carbons (Fsp3) is 0.625. The zero-order valence-corrected chi connectivity index (χ0v) is 14.4. The molecule has 0 radical (unpaired) electrons. The number of fused-ring (bicyclic) bond motifs is 3. The first-order valence-corrected chi connectivity index (χ1v) is 7.92. The molecule has 2 aliphatic heterocycles. The first kappa shape index (κ1) is 17.4. The maximum absolute atomic E-state index is 12.3. The number of carbonyl (C=O) groups excluding carboxylic acids is 2. The number of hydrogen-bond acceptors (Lipinski definition) is 8. The Balaban J connectivity index is 1.85. The minimum absolute atomic E-state index is 0.0727. The van der Waals surface area contributed by atoms with Crippen LogP contribution >= 0.6 is 0 Å². The Morgan fingerprint density at radius 2 is 2.08 bits per heavy atom. The smallest absolute Gasteiger partial charge is 0.311 e. The van der Waals surface area contributed by atoms with Crippen LogP contribution in [-0.4, -0.2) is 46.4 Å². The summed E-state index contributed by atoms with van der Waals surface area (Å²) in [6.45, 7) is 6.40. The van der Waals surface area contributed by atoms with Gasteiger partial charge in [-0.2, -0.15) is 4.98 Å². The molecule has 25 heavy (non-hydrogen) atoms. The van der Waals surface area contributed by atoms with E-state index >= 15 is 0 Å². The first-order valence-electron chi connectivity index (χ1n) is 7.92. The van der Waals surface area contributed by atoms with Gasteiger partial charge in [-0.1, -0.05) is 0 Å². The summed E-state index contributed by atoms with van der Waals surface area (Å²) in [7, 11) is 0. The summed E-state index contributed by atoms with van der Waals surface area (Å²) >= 11 is 0. The van der Waals surface area contributed by atoms with E-state index in [-0.39, 0.29) is 12.6 Å². The summed E-state index contributed by atoms with van der Waals surface area (Å²) in [6.07, 6.45) is -1.28. The van der Waals surface area contributed by atoms with Gasteiger partial charge in [0, 0.05) is 19.2 Å². The average molecular weight is 352 g/mol. The van der Waals surface area contributed by atoms with E-state index in [1.54, 1.807) is 25.3 Å². The molecular formula is C16H20N2O7. The SMILES string of the molecule is CC(=O)OCC1OC2C(Oc3nc(=O)ccn32)C1OC(=O)C(C)(C)C. The molecular weight excluding hydrogens is 332 g/mol. The highest BCUT2D eigenvalue weighted by Gasteiger charge is 2.54. The lowest BCUT2D eigenvalue weighted by Crippen LogP contribution is -2.42. The Hall–Kier alpha value is -2.42. The van der Waals surface area contributed by atoms with Gasteiger partial charge in [-0.25, -0.2) is 0 Å². The van der Waals surface area contributed by atoms with E-state index in [1.807, 2.05) is 0 Å². The summed E-state index contributed by atoms with van der Waals surface area (Å²) in [4.78, 5) is 38.6. The minimum Gasteiger partial charge on any atom is -0.463 e. The molecule has 4 atom stereocenters. The minimum atomic E-state index is -0.798. The molecule has 0 saturated carbocycles. The lowest BCUT2D eigenvalue weighted by atomic mass is 9.97. The van der Waals surface area contributed by atoms with Crippen molar-refractivity contribution >= 4 is 11.9 Å². The molecule has 0 amide bonds. The summed E-state index contributed by atoms with van der Waals surface area (Å²) in [5, 5.41) is 0. The molecule has 0 spiro atoms. The van der Waals surface area contributed by atoms with Gasteiger partial charge in [0.05, 0.1) is 5.41 Å². The number of esters is 2. The molecule has 3 heterocycles. The van der Waals surface area contributed by atoms with Crippen molar-refractivity contribution in [3.8, 4) is 6.01 Å². The normalized spacial score (nSPS) is 27.2. The fourth-order valence-corrected chi connectivity index (χ4v) is 2.63. The van der Waals surface area contributed by atoms with Crippen LogP contribution in [0.1, 0.15) is 33.9 Å². The van der Waals surface area contributed by atoms with E-state index in [2.05, 4.69) is 4.98 Å². The van der Waals surface area contributed by atoms with E-state index in [0.29, 0.717) is 0 Å². The number of ether oxygens (including phenoxy) is 4. The van der Waals surface area contributed by atoms with Gasteiger partial charge in [-0.15, -0.1) is 0 Å². The molecule has 9 nitrogen and oxygen atoms in total. The number of rotatable bonds is 3. The van der Waals surface area contributed by atoms with Crippen LogP contribution in [0.5, 0.6) is 6.01 Å². The van der Waals surface area contributed by atoms with Crippen molar-refractivity contribution in [1.82, 2.24) is 9.55 Å². The number of nitrogens with zero attached hydrogens (tertiary/aromatic N) is 2. The molecule has 9 heteroatoms. The maximum atomic E-state index is 12.3. The highest BCUT2D eigenvalue weighted by Crippen LogP contribution is 2.40. The summed E-state index contributed by atoms with van der Waals surface area (Å²) in [5.74, 6) is -0.898. The van der Waals surface area contributed by atoms with Gasteiger partial charge < -0.3 is 18.9 Å². The largest absolute Gasteiger partial charge is 0.463 e. The van der Waals surface area contributed by atoms with Crippen molar-refractivity contribution < 1.29 is 28.5 Å². The van der Waals surface area contributed by atoms with E-state index in [4.69, 9.17) is 18.9 Å². The van der Waals surface area contributed by atoms with Gasteiger partial charge >= 0.3 is 17.9 Å². The van der Waals surface area contributed by atoms with Crippen LogP contribution in [0.4, 0.5) is 0 Å². The van der Waals surface area contributed by atoms with Gasteiger partial charge in [0.15, 0.2) is 18.4 Å². The van der Waals surface area contributed by atoms with Gasteiger partial charge in [0.2, 0.25) is 0 Å². The van der Waals surface area contributed by atoms with Gasteiger partial charge in [-0.05, 0) is 20.8 Å². The number of hydrogen-bond donors (Lipinski definition) is 0. The number of aromatic nitrogens is 2. The molecule has 1 aromatic rings. The highest BCUT2D eigenvalue weighted by molar-refractivity contribution is 5.75. The molecule has 0 bridgehead atoms. The van der Waals surface area contributed by atoms with Crippen molar-refractivity contribution in [3.63, 3.8) is 0 Å². The monoisotopic (exact) mass is 352 g/mol. The predicted molar refractivity (Wildman–Crippen MR) is 82.8 cm³/mol. The van der Waals surface area contributed by atoms with Crippen LogP contribution in [0.25, 0.3) is 0 Å². The molecule has 1 fully saturated rings. The van der Waals surface area contributed by atoms with Gasteiger partial charge in [0.25, 0.3) is 5.56 Å². The lowest BCUT2D eigenvalue weighted by Gasteiger charge is -2.25. The third-order valence-electron chi connectivity index (χ3n) is 3.91. The van der Waals surface area contributed by atoms with Crippen LogP contribution in [-0.2, 0) is 23.8 Å². The predicted octanol–water partition coefficient (Wildman–Crippen LogP) is 0.423. The molecule has 136 valence electrons. The summed E-state index contributed by atoms with van der Waals surface area (Å²) in [5.41, 5.74) is -1.16. The van der Waals surface area contributed by atoms with E-state index in [9.17, 15) is 14.4 Å². The van der Waals surface area contributed by atoms with Gasteiger partial charge in [0.1, 0.15) is 12.7 Å². The van der Waals surface area contributed by atoms with Crippen LogP contribution in [0.2, 0.25) is 0 Å². The molecule has 4 unspecified atom stereocenters. The molecule has 0 aliphatic carbocycles. The molecule has 1 saturated heterocycles. The Bertz CT molecular complexity index is 752. The first-order chi connectivity index (χ1) is 11.7. The standard InChI is InChI=1S/C16H20N2O7/c1-8(19)22-7-9-11(24-14(21)16(2,3)4)12-13(23-9)18-6-5-10(20)17-15(18)25-12/h5-6,9,11-13H,7H2,1-4H3. The van der Waals surface area contributed by atoms with E-state index in [0.717, 1.165) is 0 Å². The van der Waals surface area contributed by atoms with Crippen molar-refractivity contribution in [2.75, 3.05) is 6.61 Å². The van der Waals surface area contributed by atoms with E-state index < -0.39 is 47.5 Å². The van der Waals surface area contributed by atoms with E-state index in [1.165, 1.54) is 19.2 Å². The van der Waals surface area contributed by atoms with Crippen molar-refractivity contribution in [3.05, 3.63) is 22.6 Å². The zero-order chi connectivity index (χ0) is 18.4. The molecule has 3 rings (SSSR count). The van der Waals surface area contributed by atoms with Gasteiger partial charge in [-0.3, -0.25) is 19.0 Å². The fourth-order valence-electron chi connectivity index (χ4n) is 2.63. The Morgan fingerprint density at radius 3 is 2.72 bits per heavy atom. The molecule has 0 aromatic carbocycles. The summed E-state index contributed by atoms with van der Waals surface area (Å²) in [6, 6.07) is 1.39. The second kappa shape index (κ2) is 6.14. The number of carbonyl (C=O) groups is 2. The third kappa shape index (κ3) is 3.37. The quantitative estimate of drug-likeness (QED) is 0.721. The van der Waals surface area contributed by atoms with Crippen LogP contribution in [0.3, 0.4) is 0 Å².